The van der Waals surface area contributed by atoms with Crippen LogP contribution in [-0.2, 0) is 9.59 Å². The second-order valence-electron chi connectivity index (χ2n) is 3.32. The minimum absolute atomic E-state index is 0.0641. The normalized spacial score (nSPS) is 15.1. The first-order chi connectivity index (χ1) is 7.66. The van der Waals surface area contributed by atoms with Crippen LogP contribution in [0.1, 0.15) is 12.8 Å². The van der Waals surface area contributed by atoms with Gasteiger partial charge in [-0.2, -0.15) is 5.10 Å². The molecule has 1 aliphatic rings. The van der Waals surface area contributed by atoms with Gasteiger partial charge in [-0.3, -0.25) is 14.6 Å². The fraction of sp³-hybridized carbons (Fsp3) is 0.200. The molecule has 0 fully saturated rings. The van der Waals surface area contributed by atoms with E-state index in [2.05, 4.69) is 10.1 Å². The molecule has 1 aliphatic heterocycles. The zero-order valence-corrected chi connectivity index (χ0v) is 8.33. The highest BCUT2D eigenvalue weighted by Gasteiger charge is 2.26. The molecule has 0 atom stereocenters. The van der Waals surface area contributed by atoms with Gasteiger partial charge in [-0.25, -0.2) is 5.01 Å². The maximum absolute atomic E-state index is 11.6. The summed E-state index contributed by atoms with van der Waals surface area (Å²) in [7, 11) is 0. The van der Waals surface area contributed by atoms with Crippen LogP contribution in [-0.4, -0.2) is 27.7 Å². The van der Waals surface area contributed by atoms with Crippen LogP contribution in [0.2, 0.25) is 0 Å². The number of aliphatic carboxylic acids is 1. The molecule has 0 aliphatic carbocycles. The summed E-state index contributed by atoms with van der Waals surface area (Å²) < 4.78 is 0. The van der Waals surface area contributed by atoms with E-state index in [4.69, 9.17) is 5.11 Å². The Bertz CT molecular complexity index is 456. The topological polar surface area (TPSA) is 82.9 Å². The maximum atomic E-state index is 11.6. The van der Waals surface area contributed by atoms with Crippen LogP contribution >= 0.6 is 0 Å². The predicted molar refractivity (Wildman–Crippen MR) is 56.0 cm³/mol. The second-order valence-corrected chi connectivity index (χ2v) is 3.32. The zero-order valence-electron chi connectivity index (χ0n) is 8.33. The van der Waals surface area contributed by atoms with Gasteiger partial charge in [0, 0.05) is 12.4 Å². The molecule has 16 heavy (non-hydrogen) atoms. The zero-order chi connectivity index (χ0) is 11.5. The summed E-state index contributed by atoms with van der Waals surface area (Å²) in [5.41, 5.74) is 0.967. The average Bonchev–Trinajstić information content (AvgIpc) is 2.60. The van der Waals surface area contributed by atoms with E-state index < -0.39 is 5.97 Å². The molecule has 0 spiro atoms. The molecule has 0 saturated carbocycles. The molecule has 1 aromatic rings. The molecule has 2 rings (SSSR count). The van der Waals surface area contributed by atoms with Gasteiger partial charge >= 0.3 is 5.97 Å². The Morgan fingerprint density at radius 1 is 1.44 bits per heavy atom. The summed E-state index contributed by atoms with van der Waals surface area (Å²) in [6.45, 7) is 0. The van der Waals surface area contributed by atoms with Crippen molar-refractivity contribution in [2.24, 2.45) is 5.10 Å². The fourth-order valence-electron chi connectivity index (χ4n) is 1.44. The van der Waals surface area contributed by atoms with Gasteiger partial charge in [0.15, 0.2) is 0 Å². The number of rotatable bonds is 3. The van der Waals surface area contributed by atoms with E-state index >= 15 is 0 Å². The largest absolute Gasteiger partial charge is 0.481 e. The van der Waals surface area contributed by atoms with Crippen molar-refractivity contribution in [2.45, 2.75) is 12.8 Å². The lowest BCUT2D eigenvalue weighted by Crippen LogP contribution is -2.19. The monoisotopic (exact) mass is 219 g/mol. The standard InChI is InChI=1S/C10H9N3O3/c14-9-5-7(6-10(15)16)12-13(9)8-1-3-11-4-2-8/h1-4H,5-6H2,(H,15,16). The number of hydrogen-bond acceptors (Lipinski definition) is 4. The highest BCUT2D eigenvalue weighted by Crippen LogP contribution is 2.19. The van der Waals surface area contributed by atoms with E-state index in [1.807, 2.05) is 0 Å². The number of amides is 1. The number of carbonyl (C=O) groups excluding carboxylic acids is 1. The van der Waals surface area contributed by atoms with Crippen molar-refractivity contribution in [3.8, 4) is 0 Å². The van der Waals surface area contributed by atoms with Crippen molar-refractivity contribution in [2.75, 3.05) is 5.01 Å². The van der Waals surface area contributed by atoms with E-state index in [-0.39, 0.29) is 18.7 Å². The maximum Gasteiger partial charge on any atom is 0.309 e. The number of hydrogen-bond donors (Lipinski definition) is 1. The van der Waals surface area contributed by atoms with Gasteiger partial charge < -0.3 is 5.11 Å². The molecule has 1 N–H and O–H groups in total. The number of pyridine rings is 1. The van der Waals surface area contributed by atoms with E-state index in [1.165, 1.54) is 5.01 Å². The molecule has 0 radical (unpaired) electrons. The molecule has 6 heteroatoms. The Balaban J connectivity index is 2.20. The first kappa shape index (κ1) is 10.3. The van der Waals surface area contributed by atoms with E-state index in [0.717, 1.165) is 0 Å². The molecule has 0 bridgehead atoms. The van der Waals surface area contributed by atoms with Gasteiger partial charge in [0.05, 0.1) is 24.2 Å². The smallest absolute Gasteiger partial charge is 0.309 e. The molecule has 0 unspecified atom stereocenters. The van der Waals surface area contributed by atoms with Gasteiger partial charge in [-0.15, -0.1) is 0 Å². The van der Waals surface area contributed by atoms with Crippen LogP contribution in [0.5, 0.6) is 0 Å². The van der Waals surface area contributed by atoms with Crippen LogP contribution in [0.3, 0.4) is 0 Å². The Labute approximate surface area is 91.2 Å². The highest BCUT2D eigenvalue weighted by molar-refractivity contribution is 6.16. The number of carboxylic acids is 1. The third-order valence-corrected chi connectivity index (χ3v) is 2.10. The quantitative estimate of drug-likeness (QED) is 0.808. The summed E-state index contributed by atoms with van der Waals surface area (Å²) in [6, 6.07) is 3.29. The number of aromatic nitrogens is 1. The summed E-state index contributed by atoms with van der Waals surface area (Å²) in [5.74, 6) is -1.20. The number of carbonyl (C=O) groups is 2. The molecule has 1 aromatic heterocycles. The van der Waals surface area contributed by atoms with Crippen LogP contribution in [0.25, 0.3) is 0 Å². The minimum Gasteiger partial charge on any atom is -0.481 e. The van der Waals surface area contributed by atoms with Crippen molar-refractivity contribution in [3.05, 3.63) is 24.5 Å². The van der Waals surface area contributed by atoms with E-state index in [0.29, 0.717) is 11.4 Å². The lowest BCUT2D eigenvalue weighted by molar-refractivity contribution is -0.135. The molecule has 1 amide bonds. The number of carboxylic acid groups (broad SMARTS) is 1. The highest BCUT2D eigenvalue weighted by atomic mass is 16.4. The molecular weight excluding hydrogens is 210 g/mol. The van der Waals surface area contributed by atoms with Gasteiger partial charge in [-0.1, -0.05) is 0 Å². The van der Waals surface area contributed by atoms with Crippen molar-refractivity contribution in [1.29, 1.82) is 0 Å². The summed E-state index contributed by atoms with van der Waals surface area (Å²) >= 11 is 0. The third kappa shape index (κ3) is 2.05. The molecular formula is C10H9N3O3. The number of anilines is 1. The number of nitrogens with zero attached hydrogens (tertiary/aromatic N) is 3. The summed E-state index contributed by atoms with van der Waals surface area (Å²) in [6.07, 6.45) is 2.96. The third-order valence-electron chi connectivity index (χ3n) is 2.10. The second kappa shape index (κ2) is 4.09. The summed E-state index contributed by atoms with van der Waals surface area (Å²) in [5, 5.41) is 13.8. The Morgan fingerprint density at radius 2 is 2.12 bits per heavy atom. The van der Waals surface area contributed by atoms with Crippen LogP contribution in [0.4, 0.5) is 5.69 Å². The molecule has 2 heterocycles. The molecule has 6 nitrogen and oxygen atoms in total. The van der Waals surface area contributed by atoms with Gasteiger partial charge in [0.2, 0.25) is 0 Å². The van der Waals surface area contributed by atoms with Crippen molar-refractivity contribution >= 4 is 23.3 Å². The predicted octanol–water partition coefficient (Wildman–Crippen LogP) is 0.649. The van der Waals surface area contributed by atoms with Gasteiger partial charge in [0.25, 0.3) is 5.91 Å². The first-order valence-corrected chi connectivity index (χ1v) is 4.68. The lowest BCUT2D eigenvalue weighted by Gasteiger charge is -2.10. The van der Waals surface area contributed by atoms with Crippen molar-refractivity contribution < 1.29 is 14.7 Å². The number of hydrazone groups is 1. The van der Waals surface area contributed by atoms with Crippen molar-refractivity contribution in [3.63, 3.8) is 0 Å². The lowest BCUT2D eigenvalue weighted by atomic mass is 10.2. The van der Waals surface area contributed by atoms with Crippen LogP contribution in [0.15, 0.2) is 29.6 Å². The van der Waals surface area contributed by atoms with Gasteiger partial charge in [-0.05, 0) is 12.1 Å². The van der Waals surface area contributed by atoms with Crippen LogP contribution in [0, 0.1) is 0 Å². The first-order valence-electron chi connectivity index (χ1n) is 4.68. The van der Waals surface area contributed by atoms with E-state index in [1.54, 1.807) is 24.5 Å². The van der Waals surface area contributed by atoms with E-state index in [9.17, 15) is 9.59 Å². The van der Waals surface area contributed by atoms with Crippen molar-refractivity contribution in [1.82, 2.24) is 4.98 Å². The SMILES string of the molecule is O=C(O)CC1=NN(c2ccncc2)C(=O)C1. The summed E-state index contributed by atoms with van der Waals surface area (Å²) in [4.78, 5) is 25.9. The minimum atomic E-state index is -0.983. The average molecular weight is 219 g/mol. The Morgan fingerprint density at radius 3 is 2.75 bits per heavy atom. The Kier molecular flexibility index (Phi) is 2.63. The molecule has 82 valence electrons. The van der Waals surface area contributed by atoms with Gasteiger partial charge in [0.1, 0.15) is 0 Å². The van der Waals surface area contributed by atoms with Crippen LogP contribution < -0.4 is 5.01 Å². The Hall–Kier alpha value is -2.24. The molecule has 0 saturated heterocycles. The molecule has 0 aromatic carbocycles. The fourth-order valence-corrected chi connectivity index (χ4v) is 1.44.